The van der Waals surface area contributed by atoms with Gasteiger partial charge in [0.05, 0.1) is 4.88 Å². The van der Waals surface area contributed by atoms with Gasteiger partial charge in [0, 0.05) is 33.2 Å². The molecule has 4 rings (SSSR count). The van der Waals surface area contributed by atoms with Crippen LogP contribution in [0, 0.1) is 0 Å². The third kappa shape index (κ3) is 2.47. The number of carbonyl (C=O) groups excluding carboxylic acids is 1. The minimum absolute atomic E-state index is 0.151. The first-order valence-electron chi connectivity index (χ1n) is 7.79. The SMILES string of the molecule is CC(=O)c1ccc(CCn2c3ccccc3c3ccccc32)s1. The molecule has 0 spiro atoms. The van der Waals surface area contributed by atoms with Crippen molar-refractivity contribution >= 4 is 38.9 Å². The maximum Gasteiger partial charge on any atom is 0.169 e. The lowest BCUT2D eigenvalue weighted by Gasteiger charge is -2.06. The smallest absolute Gasteiger partial charge is 0.169 e. The van der Waals surface area contributed by atoms with Crippen LogP contribution in [0.5, 0.6) is 0 Å². The number of hydrogen-bond donors (Lipinski definition) is 0. The number of Topliss-reactive ketones (excluding diaryl/α,β-unsaturated/α-hetero) is 1. The molecule has 3 heteroatoms. The Morgan fingerprint density at radius 3 is 2.09 bits per heavy atom. The number of rotatable bonds is 4. The van der Waals surface area contributed by atoms with E-state index in [1.165, 1.54) is 26.7 Å². The summed E-state index contributed by atoms with van der Waals surface area (Å²) in [5.74, 6) is 0.151. The van der Waals surface area contributed by atoms with Gasteiger partial charge in [0.2, 0.25) is 0 Å². The van der Waals surface area contributed by atoms with Gasteiger partial charge in [0.15, 0.2) is 5.78 Å². The van der Waals surface area contributed by atoms with Crippen molar-refractivity contribution in [1.29, 1.82) is 0 Å². The fraction of sp³-hybridized carbons (Fsp3) is 0.150. The summed E-state index contributed by atoms with van der Waals surface area (Å²) in [6.07, 6.45) is 0.945. The fourth-order valence-corrected chi connectivity index (χ4v) is 4.06. The highest BCUT2D eigenvalue weighted by molar-refractivity contribution is 7.14. The van der Waals surface area contributed by atoms with Crippen molar-refractivity contribution in [2.45, 2.75) is 19.9 Å². The fourth-order valence-electron chi connectivity index (χ4n) is 3.17. The normalized spacial score (nSPS) is 11.3. The molecular formula is C20H17NOS. The van der Waals surface area contributed by atoms with Gasteiger partial charge >= 0.3 is 0 Å². The molecule has 0 unspecified atom stereocenters. The van der Waals surface area contributed by atoms with Crippen molar-refractivity contribution in [2.75, 3.05) is 0 Å². The van der Waals surface area contributed by atoms with Gasteiger partial charge in [-0.25, -0.2) is 0 Å². The molecule has 2 aromatic carbocycles. The van der Waals surface area contributed by atoms with Crippen LogP contribution in [0.3, 0.4) is 0 Å². The summed E-state index contributed by atoms with van der Waals surface area (Å²) >= 11 is 1.61. The maximum absolute atomic E-state index is 11.4. The zero-order valence-electron chi connectivity index (χ0n) is 13.0. The lowest BCUT2D eigenvalue weighted by molar-refractivity contribution is 0.102. The highest BCUT2D eigenvalue weighted by Gasteiger charge is 2.10. The monoisotopic (exact) mass is 319 g/mol. The zero-order chi connectivity index (χ0) is 15.8. The van der Waals surface area contributed by atoms with E-state index < -0.39 is 0 Å². The average Bonchev–Trinajstić information content (AvgIpc) is 3.16. The van der Waals surface area contributed by atoms with E-state index in [-0.39, 0.29) is 5.78 Å². The highest BCUT2D eigenvalue weighted by Crippen LogP contribution is 2.29. The molecule has 0 aliphatic heterocycles. The van der Waals surface area contributed by atoms with Gasteiger partial charge < -0.3 is 4.57 Å². The van der Waals surface area contributed by atoms with Crippen molar-refractivity contribution in [3.8, 4) is 0 Å². The molecule has 0 radical (unpaired) electrons. The summed E-state index contributed by atoms with van der Waals surface area (Å²) in [4.78, 5) is 13.6. The van der Waals surface area contributed by atoms with Gasteiger partial charge in [0.1, 0.15) is 0 Å². The van der Waals surface area contributed by atoms with E-state index in [0.717, 1.165) is 17.8 Å². The predicted molar refractivity (Wildman–Crippen MR) is 97.5 cm³/mol. The van der Waals surface area contributed by atoms with E-state index in [2.05, 4.69) is 59.2 Å². The number of nitrogens with zero attached hydrogens (tertiary/aromatic N) is 1. The first-order chi connectivity index (χ1) is 11.2. The van der Waals surface area contributed by atoms with Gasteiger partial charge in [-0.1, -0.05) is 36.4 Å². The van der Waals surface area contributed by atoms with Crippen LogP contribution in [0.15, 0.2) is 60.7 Å². The van der Waals surface area contributed by atoms with E-state index in [0.29, 0.717) is 0 Å². The molecule has 114 valence electrons. The number of fused-ring (bicyclic) bond motifs is 3. The standard InChI is InChI=1S/C20H17NOS/c1-14(22)20-11-10-15(23-20)12-13-21-18-8-4-2-6-16(18)17-7-3-5-9-19(17)21/h2-11H,12-13H2,1H3. The molecule has 0 aliphatic carbocycles. The van der Waals surface area contributed by atoms with Gasteiger partial charge in [0.25, 0.3) is 0 Å². The number of aryl methyl sites for hydroxylation is 2. The Hall–Kier alpha value is -2.39. The molecule has 0 atom stereocenters. The second kappa shape index (κ2) is 5.67. The van der Waals surface area contributed by atoms with Gasteiger partial charge in [-0.2, -0.15) is 0 Å². The third-order valence-electron chi connectivity index (χ3n) is 4.27. The Morgan fingerprint density at radius 2 is 1.52 bits per heavy atom. The molecule has 0 saturated carbocycles. The number of thiophene rings is 1. The van der Waals surface area contributed by atoms with Crippen LogP contribution in [-0.4, -0.2) is 10.4 Å². The van der Waals surface area contributed by atoms with E-state index in [9.17, 15) is 4.79 Å². The predicted octanol–water partition coefficient (Wildman–Crippen LogP) is 5.30. The van der Waals surface area contributed by atoms with Crippen molar-refractivity contribution in [2.24, 2.45) is 0 Å². The van der Waals surface area contributed by atoms with Crippen LogP contribution < -0.4 is 0 Å². The van der Waals surface area contributed by atoms with Crippen molar-refractivity contribution < 1.29 is 4.79 Å². The number of benzene rings is 2. The van der Waals surface area contributed by atoms with Gasteiger partial charge in [-0.15, -0.1) is 11.3 Å². The lowest BCUT2D eigenvalue weighted by Crippen LogP contribution is -1.99. The highest BCUT2D eigenvalue weighted by atomic mass is 32.1. The Morgan fingerprint density at radius 1 is 0.913 bits per heavy atom. The number of aromatic nitrogens is 1. The molecule has 0 saturated heterocycles. The summed E-state index contributed by atoms with van der Waals surface area (Å²) in [6.45, 7) is 2.55. The van der Waals surface area contributed by atoms with Crippen LogP contribution in [0.2, 0.25) is 0 Å². The largest absolute Gasteiger partial charge is 0.340 e. The number of ketones is 1. The Balaban J connectivity index is 1.73. The molecule has 2 nitrogen and oxygen atoms in total. The summed E-state index contributed by atoms with van der Waals surface area (Å²) in [7, 11) is 0. The van der Waals surface area contributed by atoms with Crippen LogP contribution in [0.1, 0.15) is 21.5 Å². The molecule has 0 amide bonds. The Labute approximate surface area is 139 Å². The second-order valence-electron chi connectivity index (χ2n) is 5.76. The minimum atomic E-state index is 0.151. The molecule has 0 aliphatic rings. The second-order valence-corrected chi connectivity index (χ2v) is 6.93. The van der Waals surface area contributed by atoms with Crippen LogP contribution in [-0.2, 0) is 13.0 Å². The Kier molecular flexibility index (Phi) is 3.50. The molecular weight excluding hydrogens is 302 g/mol. The van der Waals surface area contributed by atoms with Crippen LogP contribution in [0.25, 0.3) is 21.8 Å². The van der Waals surface area contributed by atoms with Crippen LogP contribution >= 0.6 is 11.3 Å². The molecule has 0 bridgehead atoms. The quantitative estimate of drug-likeness (QED) is 0.468. The zero-order valence-corrected chi connectivity index (χ0v) is 13.8. The molecule has 4 aromatic rings. The summed E-state index contributed by atoms with van der Waals surface area (Å²) in [5.41, 5.74) is 2.55. The van der Waals surface area contributed by atoms with Gasteiger partial charge in [-0.05, 0) is 37.6 Å². The van der Waals surface area contributed by atoms with E-state index in [4.69, 9.17) is 0 Å². The molecule has 0 N–H and O–H groups in total. The summed E-state index contributed by atoms with van der Waals surface area (Å²) in [5, 5.41) is 2.61. The van der Waals surface area contributed by atoms with E-state index >= 15 is 0 Å². The minimum Gasteiger partial charge on any atom is -0.340 e. The van der Waals surface area contributed by atoms with Gasteiger partial charge in [-0.3, -0.25) is 4.79 Å². The summed E-state index contributed by atoms with van der Waals surface area (Å²) in [6, 6.07) is 21.1. The van der Waals surface area contributed by atoms with Crippen molar-refractivity contribution in [1.82, 2.24) is 4.57 Å². The maximum atomic E-state index is 11.4. The molecule has 2 aromatic heterocycles. The van der Waals surface area contributed by atoms with E-state index in [1.54, 1.807) is 18.3 Å². The number of para-hydroxylation sites is 2. The Bertz CT molecular complexity index is 956. The number of hydrogen-bond acceptors (Lipinski definition) is 2. The average molecular weight is 319 g/mol. The molecule has 0 fully saturated rings. The topological polar surface area (TPSA) is 22.0 Å². The number of carbonyl (C=O) groups is 1. The first-order valence-corrected chi connectivity index (χ1v) is 8.61. The third-order valence-corrected chi connectivity index (χ3v) is 5.52. The van der Waals surface area contributed by atoms with E-state index in [1.807, 2.05) is 6.07 Å². The van der Waals surface area contributed by atoms with Crippen molar-refractivity contribution in [3.63, 3.8) is 0 Å². The van der Waals surface area contributed by atoms with Crippen LogP contribution in [0.4, 0.5) is 0 Å². The van der Waals surface area contributed by atoms with Crippen molar-refractivity contribution in [3.05, 3.63) is 70.4 Å². The summed E-state index contributed by atoms with van der Waals surface area (Å²) < 4.78 is 2.39. The molecule has 23 heavy (non-hydrogen) atoms. The first kappa shape index (κ1) is 14.2. The molecule has 2 heterocycles. The lowest BCUT2D eigenvalue weighted by atomic mass is 10.2.